The molecule has 2 unspecified atom stereocenters. The molecule has 10 heteroatoms. The van der Waals surface area contributed by atoms with Gasteiger partial charge in [0.1, 0.15) is 29.1 Å². The number of anilines is 1. The summed E-state index contributed by atoms with van der Waals surface area (Å²) in [5.74, 6) is 1.28. The van der Waals surface area contributed by atoms with Crippen molar-refractivity contribution >= 4 is 39.3 Å². The molecule has 3 aromatic rings. The first-order chi connectivity index (χ1) is 15.5. The van der Waals surface area contributed by atoms with Crippen LogP contribution in [0.1, 0.15) is 30.1 Å². The average Bonchev–Trinajstić information content (AvgIpc) is 3.15. The number of hydrogen-bond acceptors (Lipinski definition) is 6. The molecule has 2 aliphatic heterocycles. The molecule has 2 N–H and O–H groups in total. The number of aromatic nitrogens is 3. The van der Waals surface area contributed by atoms with Gasteiger partial charge in [-0.1, -0.05) is 30.3 Å². The number of halogens is 1. The molecule has 2 aromatic heterocycles. The predicted molar refractivity (Wildman–Crippen MR) is 121 cm³/mol. The highest BCUT2D eigenvalue weighted by molar-refractivity contribution is 9.10. The third-order valence-corrected chi connectivity index (χ3v) is 6.73. The number of ether oxygens (including phenoxy) is 1. The first-order valence-corrected chi connectivity index (χ1v) is 11.3. The Hall–Kier alpha value is -3.14. The highest BCUT2D eigenvalue weighted by Gasteiger charge is 2.40. The van der Waals surface area contributed by atoms with Gasteiger partial charge in [0.15, 0.2) is 5.82 Å². The first-order valence-electron chi connectivity index (χ1n) is 10.5. The lowest BCUT2D eigenvalue weighted by Gasteiger charge is -2.45. The van der Waals surface area contributed by atoms with Crippen molar-refractivity contribution in [2.45, 2.75) is 31.4 Å². The number of imidazole rings is 1. The van der Waals surface area contributed by atoms with Gasteiger partial charge in [0.25, 0.3) is 0 Å². The number of nitrogens with zero attached hydrogens (tertiary/aromatic N) is 5. The molecule has 4 heterocycles. The highest BCUT2D eigenvalue weighted by atomic mass is 79.9. The van der Waals surface area contributed by atoms with E-state index in [-0.39, 0.29) is 31.0 Å². The molecule has 0 radical (unpaired) electrons. The Bertz CT molecular complexity index is 1170. The molecule has 2 amide bonds. The van der Waals surface area contributed by atoms with Gasteiger partial charge >= 0.3 is 6.09 Å². The Morgan fingerprint density at radius 1 is 1.22 bits per heavy atom. The molecular formula is C22H23BrN6O3. The Labute approximate surface area is 193 Å². The number of piperazine rings is 1. The van der Waals surface area contributed by atoms with Gasteiger partial charge in [0.05, 0.1) is 0 Å². The highest BCUT2D eigenvalue weighted by Crippen LogP contribution is 2.34. The second kappa shape index (κ2) is 8.42. The SMILES string of the molecule is Nc1nccn2c(C3CCC4CN(C(=O)OCc5ccccc5)CC(=O)N4C3)nc(Br)c12. The lowest BCUT2D eigenvalue weighted by atomic mass is 9.90. The number of nitrogens with two attached hydrogens (primary N) is 1. The van der Waals surface area contributed by atoms with Crippen molar-refractivity contribution in [1.82, 2.24) is 24.2 Å². The summed E-state index contributed by atoms with van der Waals surface area (Å²) >= 11 is 3.48. The maximum Gasteiger partial charge on any atom is 0.410 e. The molecule has 0 aliphatic carbocycles. The molecule has 0 bridgehead atoms. The van der Waals surface area contributed by atoms with Crippen LogP contribution < -0.4 is 5.73 Å². The summed E-state index contributed by atoms with van der Waals surface area (Å²) in [5.41, 5.74) is 7.67. The molecule has 2 fully saturated rings. The van der Waals surface area contributed by atoms with Crippen molar-refractivity contribution in [3.63, 3.8) is 0 Å². The van der Waals surface area contributed by atoms with Gasteiger partial charge < -0.3 is 15.4 Å². The average molecular weight is 499 g/mol. The molecule has 0 saturated carbocycles. The van der Waals surface area contributed by atoms with Gasteiger partial charge in [-0.25, -0.2) is 14.8 Å². The summed E-state index contributed by atoms with van der Waals surface area (Å²) in [7, 11) is 0. The topological polar surface area (TPSA) is 106 Å². The van der Waals surface area contributed by atoms with E-state index in [9.17, 15) is 9.59 Å². The summed E-state index contributed by atoms with van der Waals surface area (Å²) in [4.78, 5) is 37.7. The van der Waals surface area contributed by atoms with E-state index in [0.29, 0.717) is 23.5 Å². The number of rotatable bonds is 3. The van der Waals surface area contributed by atoms with Gasteiger partial charge in [-0.3, -0.25) is 14.1 Å². The van der Waals surface area contributed by atoms with Crippen LogP contribution in [0, 0.1) is 0 Å². The zero-order valence-corrected chi connectivity index (χ0v) is 18.9. The van der Waals surface area contributed by atoms with Crippen molar-refractivity contribution in [2.24, 2.45) is 0 Å². The van der Waals surface area contributed by atoms with Crippen molar-refractivity contribution in [3.8, 4) is 0 Å². The lowest BCUT2D eigenvalue weighted by Crippen LogP contribution is -2.60. The van der Waals surface area contributed by atoms with E-state index in [4.69, 9.17) is 10.5 Å². The molecule has 1 aromatic carbocycles. The van der Waals surface area contributed by atoms with E-state index >= 15 is 0 Å². The predicted octanol–water partition coefficient (Wildman–Crippen LogP) is 2.80. The fourth-order valence-electron chi connectivity index (χ4n) is 4.59. The monoisotopic (exact) mass is 498 g/mol. The second-order valence-electron chi connectivity index (χ2n) is 8.19. The fourth-order valence-corrected chi connectivity index (χ4v) is 5.16. The summed E-state index contributed by atoms with van der Waals surface area (Å²) < 4.78 is 8.02. The van der Waals surface area contributed by atoms with Crippen LogP contribution in [0.2, 0.25) is 0 Å². The van der Waals surface area contributed by atoms with Crippen LogP contribution in [-0.2, 0) is 16.1 Å². The van der Waals surface area contributed by atoms with Gasteiger partial charge in [0.2, 0.25) is 5.91 Å². The maximum atomic E-state index is 12.9. The molecule has 2 aliphatic rings. The minimum Gasteiger partial charge on any atom is -0.445 e. The van der Waals surface area contributed by atoms with Gasteiger partial charge in [-0.15, -0.1) is 0 Å². The van der Waals surface area contributed by atoms with E-state index < -0.39 is 6.09 Å². The third-order valence-electron chi connectivity index (χ3n) is 6.18. The molecular weight excluding hydrogens is 476 g/mol. The van der Waals surface area contributed by atoms with Crippen LogP contribution >= 0.6 is 15.9 Å². The Morgan fingerprint density at radius 3 is 2.84 bits per heavy atom. The number of nitrogen functional groups attached to an aromatic ring is 1. The number of hydrogen-bond donors (Lipinski definition) is 1. The summed E-state index contributed by atoms with van der Waals surface area (Å²) in [5, 5.41) is 0. The van der Waals surface area contributed by atoms with E-state index in [0.717, 1.165) is 29.7 Å². The fraction of sp³-hybridized carbons (Fsp3) is 0.364. The van der Waals surface area contributed by atoms with E-state index in [2.05, 4.69) is 25.9 Å². The normalized spacial score (nSPS) is 21.0. The van der Waals surface area contributed by atoms with Crippen LogP contribution in [0.4, 0.5) is 10.6 Å². The molecule has 5 rings (SSSR count). The van der Waals surface area contributed by atoms with Crippen molar-refractivity contribution in [3.05, 3.63) is 58.7 Å². The number of amides is 2. The van der Waals surface area contributed by atoms with E-state index in [1.54, 1.807) is 6.20 Å². The zero-order valence-electron chi connectivity index (χ0n) is 17.4. The van der Waals surface area contributed by atoms with E-state index in [1.807, 2.05) is 45.8 Å². The molecule has 32 heavy (non-hydrogen) atoms. The van der Waals surface area contributed by atoms with Gasteiger partial charge in [-0.05, 0) is 34.3 Å². The standard InChI is InChI=1S/C22H23BrN6O3/c23-19-18-20(24)25-8-9-28(18)21(26-19)15-6-7-16-11-27(12-17(30)29(16)10-15)22(31)32-13-14-4-2-1-3-5-14/h1-5,8-9,15-16H,6-7,10-13H2,(H2,24,25). The van der Waals surface area contributed by atoms with Crippen molar-refractivity contribution < 1.29 is 14.3 Å². The van der Waals surface area contributed by atoms with E-state index in [1.165, 1.54) is 4.90 Å². The van der Waals surface area contributed by atoms with Crippen molar-refractivity contribution in [2.75, 3.05) is 25.4 Å². The largest absolute Gasteiger partial charge is 0.445 e. The van der Waals surface area contributed by atoms with Gasteiger partial charge in [-0.2, -0.15) is 0 Å². The van der Waals surface area contributed by atoms with Crippen LogP contribution in [0.3, 0.4) is 0 Å². The van der Waals surface area contributed by atoms with Crippen LogP contribution in [0.25, 0.3) is 5.52 Å². The summed E-state index contributed by atoms with van der Waals surface area (Å²) in [6.07, 6.45) is 4.68. The second-order valence-corrected chi connectivity index (χ2v) is 8.94. The third kappa shape index (κ3) is 3.79. The number of fused-ring (bicyclic) bond motifs is 2. The molecule has 2 atom stereocenters. The number of benzene rings is 1. The molecule has 9 nitrogen and oxygen atoms in total. The minimum absolute atomic E-state index is 0.0156. The molecule has 2 saturated heterocycles. The number of carbonyl (C=O) groups is 2. The lowest BCUT2D eigenvalue weighted by molar-refractivity contribution is -0.141. The molecule has 166 valence electrons. The van der Waals surface area contributed by atoms with Gasteiger partial charge in [0, 0.05) is 37.4 Å². The Morgan fingerprint density at radius 2 is 2.03 bits per heavy atom. The van der Waals surface area contributed by atoms with Crippen LogP contribution in [-0.4, -0.2) is 61.8 Å². The number of piperidine rings is 1. The zero-order chi connectivity index (χ0) is 22.2. The van der Waals surface area contributed by atoms with Crippen LogP contribution in [0.15, 0.2) is 47.3 Å². The number of carbonyl (C=O) groups excluding carboxylic acids is 2. The Balaban J connectivity index is 1.26. The van der Waals surface area contributed by atoms with Crippen molar-refractivity contribution in [1.29, 1.82) is 0 Å². The summed E-state index contributed by atoms with van der Waals surface area (Å²) in [6.45, 7) is 1.26. The first kappa shape index (κ1) is 20.7. The summed E-state index contributed by atoms with van der Waals surface area (Å²) in [6, 6.07) is 9.50. The minimum atomic E-state index is -0.449. The van der Waals surface area contributed by atoms with Crippen LogP contribution in [0.5, 0.6) is 0 Å². The maximum absolute atomic E-state index is 12.9. The molecule has 0 spiro atoms. The Kier molecular flexibility index (Phi) is 5.46. The smallest absolute Gasteiger partial charge is 0.410 e. The quantitative estimate of drug-likeness (QED) is 0.594.